The van der Waals surface area contributed by atoms with Gasteiger partial charge in [0.15, 0.2) is 0 Å². The SMILES string of the molecule is Cc1cc(C)cc(C(=O)C(N)(C(=O)O)P(=O)(O)O)c1. The van der Waals surface area contributed by atoms with E-state index in [9.17, 15) is 14.2 Å². The van der Waals surface area contributed by atoms with Gasteiger partial charge in [0.25, 0.3) is 5.28 Å². The summed E-state index contributed by atoms with van der Waals surface area (Å²) in [4.78, 5) is 41.2. The zero-order chi connectivity index (χ0) is 15.0. The molecule has 0 aliphatic heterocycles. The maximum atomic E-state index is 12.1. The molecule has 0 spiro atoms. The third-order valence-electron chi connectivity index (χ3n) is 2.62. The van der Waals surface area contributed by atoms with Crippen molar-refractivity contribution < 1.29 is 29.0 Å². The fraction of sp³-hybridized carbons (Fsp3) is 0.273. The summed E-state index contributed by atoms with van der Waals surface area (Å²) in [6, 6.07) is 4.39. The van der Waals surface area contributed by atoms with Crippen LogP contribution in [-0.2, 0) is 9.36 Å². The summed E-state index contributed by atoms with van der Waals surface area (Å²) in [5.74, 6) is -3.38. The third-order valence-corrected chi connectivity index (χ3v) is 3.93. The van der Waals surface area contributed by atoms with E-state index >= 15 is 0 Å². The second-order valence-corrected chi connectivity index (χ2v) is 6.11. The molecule has 0 bridgehead atoms. The lowest BCUT2D eigenvalue weighted by Crippen LogP contribution is -2.54. The van der Waals surface area contributed by atoms with Crippen molar-refractivity contribution in [3.63, 3.8) is 0 Å². The highest BCUT2D eigenvalue weighted by molar-refractivity contribution is 7.56. The first kappa shape index (κ1) is 15.5. The van der Waals surface area contributed by atoms with E-state index in [1.54, 1.807) is 19.9 Å². The fourth-order valence-electron chi connectivity index (χ4n) is 1.68. The lowest BCUT2D eigenvalue weighted by molar-refractivity contribution is -0.139. The standard InChI is InChI=1S/C11H14NO6P/c1-6-3-7(2)5-8(4-6)9(13)11(12,10(14)15)19(16,17)18/h3-5H,12H2,1-2H3,(H,14,15)(H2,16,17,18). The van der Waals surface area contributed by atoms with Crippen LogP contribution in [0.25, 0.3) is 0 Å². The number of aryl methyl sites for hydroxylation is 2. The summed E-state index contributed by atoms with van der Waals surface area (Å²) < 4.78 is 11.2. The monoisotopic (exact) mass is 287 g/mol. The smallest absolute Gasteiger partial charge is 0.364 e. The summed E-state index contributed by atoms with van der Waals surface area (Å²) in [7, 11) is -5.37. The number of ketones is 1. The Labute approximate surface area is 109 Å². The molecule has 0 saturated heterocycles. The van der Waals surface area contributed by atoms with E-state index in [1.165, 1.54) is 12.1 Å². The van der Waals surface area contributed by atoms with Crippen molar-refractivity contribution >= 4 is 19.3 Å². The van der Waals surface area contributed by atoms with Gasteiger partial charge in [-0.15, -0.1) is 0 Å². The molecule has 1 rings (SSSR count). The molecule has 19 heavy (non-hydrogen) atoms. The van der Waals surface area contributed by atoms with Gasteiger partial charge in [-0.3, -0.25) is 15.1 Å². The summed E-state index contributed by atoms with van der Waals surface area (Å²) in [5.41, 5.74) is 6.34. The van der Waals surface area contributed by atoms with Crippen LogP contribution in [0.3, 0.4) is 0 Å². The van der Waals surface area contributed by atoms with Crippen LogP contribution < -0.4 is 5.73 Å². The van der Waals surface area contributed by atoms with Crippen molar-refractivity contribution in [3.05, 3.63) is 34.9 Å². The molecule has 7 nitrogen and oxygen atoms in total. The number of carbonyl (C=O) groups is 2. The number of nitrogens with two attached hydrogens (primary N) is 1. The number of hydrogen-bond acceptors (Lipinski definition) is 4. The van der Waals surface area contributed by atoms with Gasteiger partial charge in [0.05, 0.1) is 0 Å². The lowest BCUT2D eigenvalue weighted by atomic mass is 10.00. The van der Waals surface area contributed by atoms with E-state index in [4.69, 9.17) is 20.6 Å². The minimum absolute atomic E-state index is 0.147. The van der Waals surface area contributed by atoms with Gasteiger partial charge in [-0.1, -0.05) is 17.2 Å². The Balaban J connectivity index is 3.45. The van der Waals surface area contributed by atoms with Gasteiger partial charge < -0.3 is 14.9 Å². The number of carbonyl (C=O) groups excluding carboxylic acids is 1. The third kappa shape index (κ3) is 2.74. The number of carboxylic acid groups (broad SMARTS) is 1. The van der Waals surface area contributed by atoms with Crippen molar-refractivity contribution in [1.29, 1.82) is 0 Å². The highest BCUT2D eigenvalue weighted by atomic mass is 31.2. The first-order valence-corrected chi connectivity index (χ1v) is 6.82. The van der Waals surface area contributed by atoms with Crippen molar-refractivity contribution in [3.8, 4) is 0 Å². The maximum Gasteiger partial charge on any atom is 0.364 e. The molecular weight excluding hydrogens is 273 g/mol. The molecule has 0 aliphatic carbocycles. The molecule has 1 aromatic carbocycles. The number of benzene rings is 1. The molecule has 0 aromatic heterocycles. The molecule has 1 unspecified atom stereocenters. The van der Waals surface area contributed by atoms with Crippen molar-refractivity contribution in [2.75, 3.05) is 0 Å². The van der Waals surface area contributed by atoms with E-state index in [0.717, 1.165) is 0 Å². The predicted molar refractivity (Wildman–Crippen MR) is 66.8 cm³/mol. The summed E-state index contributed by atoms with van der Waals surface area (Å²) in [5, 5.41) is 5.63. The first-order valence-electron chi connectivity index (χ1n) is 5.21. The van der Waals surface area contributed by atoms with E-state index in [0.29, 0.717) is 11.1 Å². The highest BCUT2D eigenvalue weighted by Crippen LogP contribution is 2.48. The average molecular weight is 287 g/mol. The first-order chi connectivity index (χ1) is 8.50. The Kier molecular flexibility index (Phi) is 3.97. The minimum atomic E-state index is -5.37. The van der Waals surface area contributed by atoms with Crippen molar-refractivity contribution in [2.45, 2.75) is 19.1 Å². The molecular formula is C11H14NO6P. The zero-order valence-corrected chi connectivity index (χ0v) is 11.2. The number of carboxylic acids is 1. The molecule has 1 aromatic rings. The van der Waals surface area contributed by atoms with Crippen LogP contribution >= 0.6 is 7.60 Å². The molecule has 104 valence electrons. The lowest BCUT2D eigenvalue weighted by Gasteiger charge is -2.24. The number of Topliss-reactive ketones (excluding diaryl/α,β-unsaturated/α-hetero) is 1. The van der Waals surface area contributed by atoms with E-state index in [2.05, 4.69) is 0 Å². The van der Waals surface area contributed by atoms with Crippen molar-refractivity contribution in [2.24, 2.45) is 5.73 Å². The molecule has 0 heterocycles. The van der Waals surface area contributed by atoms with E-state index in [-0.39, 0.29) is 5.56 Å². The Hall–Kier alpha value is -1.53. The molecule has 5 N–H and O–H groups in total. The predicted octanol–water partition coefficient (Wildman–Crippen LogP) is 0.403. The molecule has 0 fully saturated rings. The Morgan fingerprint density at radius 2 is 1.58 bits per heavy atom. The highest BCUT2D eigenvalue weighted by Gasteiger charge is 2.57. The van der Waals surface area contributed by atoms with Crippen molar-refractivity contribution in [1.82, 2.24) is 0 Å². The number of hydrogen-bond donors (Lipinski definition) is 4. The largest absolute Gasteiger partial charge is 0.479 e. The fourth-order valence-corrected chi connectivity index (χ4v) is 2.32. The average Bonchev–Trinajstić information content (AvgIpc) is 2.23. The Morgan fingerprint density at radius 1 is 1.16 bits per heavy atom. The minimum Gasteiger partial charge on any atom is -0.479 e. The van der Waals surface area contributed by atoms with Crippen LogP contribution in [0, 0.1) is 13.8 Å². The molecule has 0 amide bonds. The molecule has 0 aliphatic rings. The van der Waals surface area contributed by atoms with Crippen LogP contribution in [0.1, 0.15) is 21.5 Å². The summed E-state index contributed by atoms with van der Waals surface area (Å²) >= 11 is 0. The van der Waals surface area contributed by atoms with Gasteiger partial charge in [0.1, 0.15) is 0 Å². The normalized spacial score (nSPS) is 14.8. The number of aliphatic carboxylic acids is 1. The van der Waals surface area contributed by atoms with Gasteiger partial charge in [-0.05, 0) is 26.0 Å². The molecule has 0 radical (unpaired) electrons. The van der Waals surface area contributed by atoms with Crippen LogP contribution in [-0.4, -0.2) is 31.9 Å². The Bertz CT molecular complexity index is 573. The van der Waals surface area contributed by atoms with E-state index in [1.807, 2.05) is 0 Å². The van der Waals surface area contributed by atoms with Crippen LogP contribution in [0.5, 0.6) is 0 Å². The van der Waals surface area contributed by atoms with Crippen LogP contribution in [0.4, 0.5) is 0 Å². The topological polar surface area (TPSA) is 138 Å². The second kappa shape index (κ2) is 4.86. The molecule has 0 saturated carbocycles. The summed E-state index contributed by atoms with van der Waals surface area (Å²) in [6.45, 7) is 3.33. The number of rotatable bonds is 4. The summed E-state index contributed by atoms with van der Waals surface area (Å²) in [6.07, 6.45) is 0. The Morgan fingerprint density at radius 3 is 1.89 bits per heavy atom. The van der Waals surface area contributed by atoms with Crippen LogP contribution in [0.15, 0.2) is 18.2 Å². The van der Waals surface area contributed by atoms with Gasteiger partial charge in [0.2, 0.25) is 5.78 Å². The quantitative estimate of drug-likeness (QED) is 0.357. The van der Waals surface area contributed by atoms with Gasteiger partial charge in [-0.25, -0.2) is 4.79 Å². The van der Waals surface area contributed by atoms with E-state index < -0.39 is 24.6 Å². The van der Waals surface area contributed by atoms with Gasteiger partial charge in [-0.2, -0.15) is 0 Å². The maximum absolute atomic E-state index is 12.1. The second-order valence-electron chi connectivity index (χ2n) is 4.32. The van der Waals surface area contributed by atoms with Gasteiger partial charge >= 0.3 is 13.6 Å². The molecule has 1 atom stereocenters. The molecule has 8 heteroatoms. The zero-order valence-electron chi connectivity index (χ0n) is 10.3. The van der Waals surface area contributed by atoms with Gasteiger partial charge in [0, 0.05) is 5.56 Å². The van der Waals surface area contributed by atoms with Crippen LogP contribution in [0.2, 0.25) is 0 Å².